The summed E-state index contributed by atoms with van der Waals surface area (Å²) in [7, 11) is 1.47. The summed E-state index contributed by atoms with van der Waals surface area (Å²) in [6.45, 7) is 4.10. The molecule has 0 saturated heterocycles. The standard InChI is InChI=1S/C19H17N3O3/c1-3-10-22-15-7-5-4-6-14(15)18(19(22)24)21-20-12-13-8-9-16(23)17(11-13)25-2/h3-9,11-12,23H,1,10H2,2H3/b20-12+,21-18-. The van der Waals surface area contributed by atoms with Crippen LogP contribution in [-0.2, 0) is 4.79 Å². The van der Waals surface area contributed by atoms with Crippen LogP contribution in [0.4, 0.5) is 5.69 Å². The molecule has 0 aliphatic carbocycles. The van der Waals surface area contributed by atoms with Crippen LogP contribution in [0.15, 0.2) is 65.3 Å². The smallest absolute Gasteiger partial charge is 0.279 e. The minimum atomic E-state index is -0.207. The van der Waals surface area contributed by atoms with Gasteiger partial charge in [0.05, 0.1) is 19.0 Å². The van der Waals surface area contributed by atoms with E-state index in [1.807, 2.05) is 24.3 Å². The first-order chi connectivity index (χ1) is 12.2. The van der Waals surface area contributed by atoms with E-state index >= 15 is 0 Å². The molecule has 0 spiro atoms. The van der Waals surface area contributed by atoms with E-state index in [9.17, 15) is 9.90 Å². The summed E-state index contributed by atoms with van der Waals surface area (Å²) < 4.78 is 5.05. The molecule has 2 aromatic carbocycles. The monoisotopic (exact) mass is 335 g/mol. The van der Waals surface area contributed by atoms with Gasteiger partial charge in [0, 0.05) is 12.1 Å². The van der Waals surface area contributed by atoms with E-state index in [2.05, 4.69) is 16.8 Å². The van der Waals surface area contributed by atoms with Crippen LogP contribution in [0.2, 0.25) is 0 Å². The lowest BCUT2D eigenvalue weighted by molar-refractivity contribution is -0.112. The van der Waals surface area contributed by atoms with Crippen molar-refractivity contribution in [2.24, 2.45) is 10.2 Å². The molecular weight excluding hydrogens is 318 g/mol. The second kappa shape index (κ2) is 7.00. The number of ether oxygens (including phenoxy) is 1. The summed E-state index contributed by atoms with van der Waals surface area (Å²) in [5.41, 5.74) is 2.53. The van der Waals surface area contributed by atoms with Gasteiger partial charge < -0.3 is 14.7 Å². The summed E-state index contributed by atoms with van der Waals surface area (Å²) in [6, 6.07) is 12.3. The number of aromatic hydroxyl groups is 1. The van der Waals surface area contributed by atoms with Gasteiger partial charge >= 0.3 is 0 Å². The second-order valence-electron chi connectivity index (χ2n) is 5.35. The topological polar surface area (TPSA) is 74.5 Å². The molecule has 0 saturated carbocycles. The van der Waals surface area contributed by atoms with E-state index in [0.717, 1.165) is 11.3 Å². The highest BCUT2D eigenvalue weighted by atomic mass is 16.5. The highest BCUT2D eigenvalue weighted by Gasteiger charge is 2.32. The van der Waals surface area contributed by atoms with Crippen molar-refractivity contribution in [3.63, 3.8) is 0 Å². The largest absolute Gasteiger partial charge is 0.504 e. The molecule has 6 heteroatoms. The van der Waals surface area contributed by atoms with Crippen LogP contribution in [0.1, 0.15) is 11.1 Å². The molecule has 126 valence electrons. The van der Waals surface area contributed by atoms with Crippen molar-refractivity contribution >= 4 is 23.5 Å². The number of methoxy groups -OCH3 is 1. The molecule has 1 aliphatic rings. The number of rotatable bonds is 5. The highest BCUT2D eigenvalue weighted by Crippen LogP contribution is 2.29. The summed E-state index contributed by atoms with van der Waals surface area (Å²) >= 11 is 0. The molecule has 2 aromatic rings. The number of carbonyl (C=O) groups excluding carboxylic acids is 1. The van der Waals surface area contributed by atoms with Crippen LogP contribution in [-0.4, -0.2) is 36.6 Å². The van der Waals surface area contributed by atoms with Gasteiger partial charge in [0.15, 0.2) is 17.2 Å². The molecule has 0 fully saturated rings. The number of phenolic OH excluding ortho intramolecular Hbond substituents is 1. The average molecular weight is 335 g/mol. The summed E-state index contributed by atoms with van der Waals surface area (Å²) in [4.78, 5) is 14.2. The van der Waals surface area contributed by atoms with Crippen LogP contribution in [0.3, 0.4) is 0 Å². The highest BCUT2D eigenvalue weighted by molar-refractivity contribution is 6.54. The minimum Gasteiger partial charge on any atom is -0.504 e. The van der Waals surface area contributed by atoms with Crippen molar-refractivity contribution in [1.29, 1.82) is 0 Å². The molecule has 0 bridgehead atoms. The lowest BCUT2D eigenvalue weighted by Gasteiger charge is -2.13. The normalized spacial score (nSPS) is 15.0. The Hall–Kier alpha value is -3.41. The molecule has 0 unspecified atom stereocenters. The van der Waals surface area contributed by atoms with Gasteiger partial charge in [-0.05, 0) is 29.8 Å². The number of benzene rings is 2. The number of amides is 1. The van der Waals surface area contributed by atoms with Crippen molar-refractivity contribution in [2.45, 2.75) is 0 Å². The van der Waals surface area contributed by atoms with Crippen LogP contribution < -0.4 is 9.64 Å². The van der Waals surface area contributed by atoms with Crippen molar-refractivity contribution in [1.82, 2.24) is 0 Å². The van der Waals surface area contributed by atoms with Gasteiger partial charge in [-0.2, -0.15) is 5.10 Å². The molecule has 1 aliphatic heterocycles. The van der Waals surface area contributed by atoms with E-state index in [0.29, 0.717) is 23.6 Å². The molecule has 1 N–H and O–H groups in total. The zero-order chi connectivity index (χ0) is 17.8. The Morgan fingerprint density at radius 3 is 2.84 bits per heavy atom. The van der Waals surface area contributed by atoms with Gasteiger partial charge in [-0.15, -0.1) is 11.7 Å². The predicted molar refractivity (Wildman–Crippen MR) is 97.8 cm³/mol. The predicted octanol–water partition coefficient (Wildman–Crippen LogP) is 2.76. The Balaban J connectivity index is 1.91. The van der Waals surface area contributed by atoms with Gasteiger partial charge in [0.1, 0.15) is 0 Å². The molecule has 0 radical (unpaired) electrons. The van der Waals surface area contributed by atoms with E-state index in [1.165, 1.54) is 19.4 Å². The molecule has 0 atom stereocenters. The SMILES string of the molecule is C=CCN1C(=O)/C(=N\N=C\c2ccc(O)c(OC)c2)c2ccccc21. The Bertz CT molecular complexity index is 887. The van der Waals surface area contributed by atoms with Gasteiger partial charge in [0.25, 0.3) is 5.91 Å². The lowest BCUT2D eigenvalue weighted by Crippen LogP contribution is -2.30. The Kier molecular flexibility index (Phi) is 4.61. The quantitative estimate of drug-likeness (QED) is 0.519. The number of fused-ring (bicyclic) bond motifs is 1. The molecule has 25 heavy (non-hydrogen) atoms. The van der Waals surface area contributed by atoms with Crippen molar-refractivity contribution in [3.05, 3.63) is 66.2 Å². The number of nitrogens with zero attached hydrogens (tertiary/aromatic N) is 3. The fourth-order valence-corrected chi connectivity index (χ4v) is 2.60. The van der Waals surface area contributed by atoms with Crippen molar-refractivity contribution < 1.29 is 14.6 Å². The number of hydrogen-bond donors (Lipinski definition) is 1. The van der Waals surface area contributed by atoms with Crippen LogP contribution in [0.25, 0.3) is 0 Å². The minimum absolute atomic E-state index is 0.0472. The summed E-state index contributed by atoms with van der Waals surface area (Å²) in [5.74, 6) is 0.184. The van der Waals surface area contributed by atoms with E-state index < -0.39 is 0 Å². The third-order valence-electron chi connectivity index (χ3n) is 3.78. The van der Waals surface area contributed by atoms with E-state index in [-0.39, 0.29) is 11.7 Å². The van der Waals surface area contributed by atoms with Gasteiger partial charge in [-0.25, -0.2) is 0 Å². The van der Waals surface area contributed by atoms with E-state index in [1.54, 1.807) is 23.1 Å². The third-order valence-corrected chi connectivity index (χ3v) is 3.78. The second-order valence-corrected chi connectivity index (χ2v) is 5.35. The maximum Gasteiger partial charge on any atom is 0.279 e. The zero-order valence-corrected chi connectivity index (χ0v) is 13.7. The number of phenols is 1. The van der Waals surface area contributed by atoms with Crippen molar-refractivity contribution in [2.75, 3.05) is 18.6 Å². The molecule has 1 heterocycles. The fourth-order valence-electron chi connectivity index (χ4n) is 2.60. The van der Waals surface area contributed by atoms with E-state index in [4.69, 9.17) is 4.74 Å². The molecular formula is C19H17N3O3. The fraction of sp³-hybridized carbons (Fsp3) is 0.105. The lowest BCUT2D eigenvalue weighted by atomic mass is 10.1. The first-order valence-corrected chi connectivity index (χ1v) is 7.66. The maximum atomic E-state index is 12.6. The van der Waals surface area contributed by atoms with Crippen LogP contribution >= 0.6 is 0 Å². The Morgan fingerprint density at radius 2 is 2.08 bits per heavy atom. The maximum absolute atomic E-state index is 12.6. The summed E-state index contributed by atoms with van der Waals surface area (Å²) in [6.07, 6.45) is 3.17. The Morgan fingerprint density at radius 1 is 1.28 bits per heavy atom. The van der Waals surface area contributed by atoms with Crippen LogP contribution in [0, 0.1) is 0 Å². The van der Waals surface area contributed by atoms with Gasteiger partial charge in [-0.3, -0.25) is 4.79 Å². The van der Waals surface area contributed by atoms with Crippen LogP contribution in [0.5, 0.6) is 11.5 Å². The van der Waals surface area contributed by atoms with Gasteiger partial charge in [-0.1, -0.05) is 24.3 Å². The zero-order valence-electron chi connectivity index (χ0n) is 13.7. The Labute approximate surface area is 145 Å². The molecule has 6 nitrogen and oxygen atoms in total. The number of anilines is 1. The average Bonchev–Trinajstić information content (AvgIpc) is 2.89. The molecule has 1 amide bonds. The molecule has 3 rings (SSSR count). The summed E-state index contributed by atoms with van der Waals surface area (Å²) in [5, 5.41) is 17.7. The number of hydrogen-bond acceptors (Lipinski definition) is 5. The molecule has 0 aromatic heterocycles. The van der Waals surface area contributed by atoms with Crippen molar-refractivity contribution in [3.8, 4) is 11.5 Å². The first-order valence-electron chi connectivity index (χ1n) is 7.66. The number of carbonyl (C=O) groups is 1. The third kappa shape index (κ3) is 3.14. The number of para-hydroxylation sites is 1. The van der Waals surface area contributed by atoms with Gasteiger partial charge in [0.2, 0.25) is 0 Å². The first kappa shape index (κ1) is 16.4.